The summed E-state index contributed by atoms with van der Waals surface area (Å²) in [6.45, 7) is 4.52. The Labute approximate surface area is 119 Å². The lowest BCUT2D eigenvalue weighted by atomic mass is 9.73. The van der Waals surface area contributed by atoms with Gasteiger partial charge in [-0.1, -0.05) is 50.3 Å². The van der Waals surface area contributed by atoms with Gasteiger partial charge in [0.1, 0.15) is 12.4 Å². The van der Waals surface area contributed by atoms with Crippen LogP contribution >= 0.6 is 0 Å². The summed E-state index contributed by atoms with van der Waals surface area (Å²) in [6, 6.07) is 9.98. The standard InChI is InChI=1S/C17H20O3/c1-13-10-15(8-9-17(13,2)11-16(18)19)20-12-14-6-4-3-5-7-14/h3-10,13H,11-12H2,1-2H3,(H,18,19). The SMILES string of the molecule is CC1C=C(OCc2ccccc2)C=CC1(C)CC(=O)O. The predicted octanol–water partition coefficient (Wildman–Crippen LogP) is 3.77. The molecule has 0 saturated heterocycles. The molecule has 0 spiro atoms. The molecule has 3 heteroatoms. The second-order valence-corrected chi connectivity index (χ2v) is 5.54. The van der Waals surface area contributed by atoms with Gasteiger partial charge >= 0.3 is 5.97 Å². The number of hydrogen-bond donors (Lipinski definition) is 1. The lowest BCUT2D eigenvalue weighted by molar-refractivity contribution is -0.139. The van der Waals surface area contributed by atoms with Crippen molar-refractivity contribution < 1.29 is 14.6 Å². The first-order valence-corrected chi connectivity index (χ1v) is 6.79. The van der Waals surface area contributed by atoms with Crippen LogP contribution in [0.3, 0.4) is 0 Å². The molecule has 0 aromatic heterocycles. The summed E-state index contributed by atoms with van der Waals surface area (Å²) in [4.78, 5) is 10.9. The van der Waals surface area contributed by atoms with Crippen LogP contribution in [0.2, 0.25) is 0 Å². The largest absolute Gasteiger partial charge is 0.489 e. The number of carbonyl (C=O) groups is 1. The molecule has 2 rings (SSSR count). The molecule has 0 saturated carbocycles. The average molecular weight is 272 g/mol. The minimum atomic E-state index is -0.772. The number of rotatable bonds is 5. The zero-order chi connectivity index (χ0) is 14.6. The fraction of sp³-hybridized carbons (Fsp3) is 0.353. The maximum atomic E-state index is 10.9. The lowest BCUT2D eigenvalue weighted by Gasteiger charge is -2.32. The van der Waals surface area contributed by atoms with Crippen LogP contribution < -0.4 is 0 Å². The third-order valence-corrected chi connectivity index (χ3v) is 3.86. The van der Waals surface area contributed by atoms with Crippen molar-refractivity contribution in [3.05, 3.63) is 59.9 Å². The Balaban J connectivity index is 1.98. The molecule has 1 aliphatic rings. The van der Waals surface area contributed by atoms with Gasteiger partial charge in [0, 0.05) is 5.41 Å². The van der Waals surface area contributed by atoms with E-state index in [0.29, 0.717) is 6.61 Å². The lowest BCUT2D eigenvalue weighted by Crippen LogP contribution is -2.27. The quantitative estimate of drug-likeness (QED) is 0.887. The van der Waals surface area contributed by atoms with Gasteiger partial charge in [-0.05, 0) is 23.6 Å². The van der Waals surface area contributed by atoms with E-state index in [4.69, 9.17) is 9.84 Å². The molecule has 1 N–H and O–H groups in total. The Kier molecular flexibility index (Phi) is 4.28. The zero-order valence-corrected chi connectivity index (χ0v) is 11.9. The van der Waals surface area contributed by atoms with Gasteiger partial charge < -0.3 is 9.84 Å². The summed E-state index contributed by atoms with van der Waals surface area (Å²) in [7, 11) is 0. The van der Waals surface area contributed by atoms with Gasteiger partial charge in [-0.2, -0.15) is 0 Å². The van der Waals surface area contributed by atoms with Crippen molar-refractivity contribution in [1.82, 2.24) is 0 Å². The van der Waals surface area contributed by atoms with Crippen LogP contribution in [-0.2, 0) is 16.1 Å². The van der Waals surface area contributed by atoms with Crippen molar-refractivity contribution in [1.29, 1.82) is 0 Å². The maximum absolute atomic E-state index is 10.9. The van der Waals surface area contributed by atoms with Gasteiger partial charge in [-0.3, -0.25) is 4.79 Å². The van der Waals surface area contributed by atoms with Gasteiger partial charge in [0.15, 0.2) is 0 Å². The van der Waals surface area contributed by atoms with E-state index in [2.05, 4.69) is 0 Å². The van der Waals surface area contributed by atoms with Crippen molar-refractivity contribution in [3.63, 3.8) is 0 Å². The van der Waals surface area contributed by atoms with Crippen molar-refractivity contribution in [2.75, 3.05) is 0 Å². The molecule has 0 heterocycles. The zero-order valence-electron chi connectivity index (χ0n) is 11.9. The van der Waals surface area contributed by atoms with E-state index in [9.17, 15) is 4.79 Å². The Hall–Kier alpha value is -2.03. The summed E-state index contributed by atoms with van der Waals surface area (Å²) in [6.07, 6.45) is 5.97. The molecule has 0 amide bonds. The summed E-state index contributed by atoms with van der Waals surface area (Å²) < 4.78 is 5.76. The molecule has 106 valence electrons. The number of carboxylic acids is 1. The first-order chi connectivity index (χ1) is 9.49. The van der Waals surface area contributed by atoms with E-state index >= 15 is 0 Å². The first kappa shape index (κ1) is 14.4. The molecule has 0 bridgehead atoms. The van der Waals surface area contributed by atoms with E-state index in [1.165, 1.54) is 0 Å². The molecular formula is C17H20O3. The highest BCUT2D eigenvalue weighted by Crippen LogP contribution is 2.38. The molecule has 1 aromatic carbocycles. The van der Waals surface area contributed by atoms with E-state index in [1.807, 2.05) is 62.4 Å². The molecule has 0 radical (unpaired) electrons. The number of benzene rings is 1. The average Bonchev–Trinajstić information content (AvgIpc) is 2.41. The second kappa shape index (κ2) is 5.95. The van der Waals surface area contributed by atoms with Crippen LogP contribution in [0.25, 0.3) is 0 Å². The normalized spacial score (nSPS) is 25.1. The molecule has 2 unspecified atom stereocenters. The minimum Gasteiger partial charge on any atom is -0.489 e. The highest BCUT2D eigenvalue weighted by molar-refractivity contribution is 5.68. The third kappa shape index (κ3) is 3.50. The number of hydrogen-bond acceptors (Lipinski definition) is 2. The molecule has 2 atom stereocenters. The van der Waals surface area contributed by atoms with Crippen LogP contribution in [0, 0.1) is 11.3 Å². The smallest absolute Gasteiger partial charge is 0.304 e. The van der Waals surface area contributed by atoms with Crippen LogP contribution in [0.1, 0.15) is 25.8 Å². The van der Waals surface area contributed by atoms with Crippen molar-refractivity contribution in [2.24, 2.45) is 11.3 Å². The van der Waals surface area contributed by atoms with Crippen molar-refractivity contribution in [3.8, 4) is 0 Å². The monoisotopic (exact) mass is 272 g/mol. The van der Waals surface area contributed by atoms with E-state index in [1.54, 1.807) is 0 Å². The van der Waals surface area contributed by atoms with Crippen LogP contribution in [0.15, 0.2) is 54.3 Å². The summed E-state index contributed by atoms with van der Waals surface area (Å²) in [5.41, 5.74) is 0.777. The van der Waals surface area contributed by atoms with Gasteiger partial charge in [0.05, 0.1) is 6.42 Å². The van der Waals surface area contributed by atoms with E-state index in [0.717, 1.165) is 11.3 Å². The third-order valence-electron chi connectivity index (χ3n) is 3.86. The van der Waals surface area contributed by atoms with Crippen molar-refractivity contribution >= 4 is 5.97 Å². The molecule has 0 fully saturated rings. The number of allylic oxidation sites excluding steroid dienone is 3. The highest BCUT2D eigenvalue weighted by atomic mass is 16.5. The van der Waals surface area contributed by atoms with Gasteiger partial charge in [0.2, 0.25) is 0 Å². The Bertz CT molecular complexity index is 530. The van der Waals surface area contributed by atoms with Crippen molar-refractivity contribution in [2.45, 2.75) is 26.9 Å². The molecule has 1 aromatic rings. The van der Waals surface area contributed by atoms with Crippen LogP contribution in [0.4, 0.5) is 0 Å². The van der Waals surface area contributed by atoms with Gasteiger partial charge in [-0.15, -0.1) is 0 Å². The fourth-order valence-corrected chi connectivity index (χ4v) is 2.30. The fourth-order valence-electron chi connectivity index (χ4n) is 2.30. The predicted molar refractivity (Wildman–Crippen MR) is 78.0 cm³/mol. The Morgan fingerprint density at radius 2 is 2.05 bits per heavy atom. The maximum Gasteiger partial charge on any atom is 0.304 e. The Morgan fingerprint density at radius 1 is 1.35 bits per heavy atom. The molecular weight excluding hydrogens is 252 g/mol. The number of carboxylic acid groups (broad SMARTS) is 1. The molecule has 3 nitrogen and oxygen atoms in total. The second-order valence-electron chi connectivity index (χ2n) is 5.54. The Morgan fingerprint density at radius 3 is 2.65 bits per heavy atom. The first-order valence-electron chi connectivity index (χ1n) is 6.79. The van der Waals surface area contributed by atoms with Gasteiger partial charge in [-0.25, -0.2) is 0 Å². The highest BCUT2D eigenvalue weighted by Gasteiger charge is 2.32. The molecule has 20 heavy (non-hydrogen) atoms. The van der Waals surface area contributed by atoms with Gasteiger partial charge in [0.25, 0.3) is 0 Å². The van der Waals surface area contributed by atoms with E-state index in [-0.39, 0.29) is 17.8 Å². The summed E-state index contributed by atoms with van der Waals surface area (Å²) in [5.74, 6) is 0.171. The molecule has 0 aliphatic heterocycles. The summed E-state index contributed by atoms with van der Waals surface area (Å²) in [5, 5.41) is 8.98. The minimum absolute atomic E-state index is 0.132. The topological polar surface area (TPSA) is 46.5 Å². The number of aliphatic carboxylic acids is 1. The molecule has 1 aliphatic carbocycles. The van der Waals surface area contributed by atoms with E-state index < -0.39 is 5.97 Å². The number of ether oxygens (including phenoxy) is 1. The van der Waals surface area contributed by atoms with Crippen LogP contribution in [-0.4, -0.2) is 11.1 Å². The summed E-state index contributed by atoms with van der Waals surface area (Å²) >= 11 is 0. The van der Waals surface area contributed by atoms with Crippen LogP contribution in [0.5, 0.6) is 0 Å².